The predicted molar refractivity (Wildman–Crippen MR) is 61.7 cm³/mol. The highest BCUT2D eigenvalue weighted by atomic mass is 16.3. The molecule has 0 saturated carbocycles. The summed E-state index contributed by atoms with van der Waals surface area (Å²) in [5, 5.41) is 9.09. The Labute approximate surface area is 93.7 Å². The van der Waals surface area contributed by atoms with Gasteiger partial charge in [-0.15, -0.1) is 6.58 Å². The number of fused-ring (bicyclic) bond motifs is 1. The van der Waals surface area contributed by atoms with Crippen molar-refractivity contribution >= 4 is 11.6 Å². The number of benzene rings is 1. The summed E-state index contributed by atoms with van der Waals surface area (Å²) in [4.78, 5) is 22.5. The van der Waals surface area contributed by atoms with Gasteiger partial charge in [0.25, 0.3) is 0 Å². The molecule has 82 valence electrons. The molecular weight excluding hydrogens is 204 g/mol. The average molecular weight is 216 g/mol. The molecule has 3 nitrogen and oxygen atoms in total. The third-order valence-electron chi connectivity index (χ3n) is 1.94. The fraction of sp³-hybridized carbons (Fsp3) is 0.0769. The number of hydrogen-bond donors (Lipinski definition) is 1. The largest absolute Gasteiger partial charge is 0.504 e. The van der Waals surface area contributed by atoms with Crippen LogP contribution in [0.2, 0.25) is 0 Å². The van der Waals surface area contributed by atoms with E-state index in [1.54, 1.807) is 24.3 Å². The van der Waals surface area contributed by atoms with E-state index in [4.69, 9.17) is 5.11 Å². The molecule has 0 aromatic heterocycles. The second-order valence-electron chi connectivity index (χ2n) is 3.18. The van der Waals surface area contributed by atoms with Crippen molar-refractivity contribution < 1.29 is 14.7 Å². The maximum absolute atomic E-state index is 11.3. The van der Waals surface area contributed by atoms with E-state index in [0.717, 1.165) is 6.08 Å². The van der Waals surface area contributed by atoms with Gasteiger partial charge >= 0.3 is 0 Å². The highest BCUT2D eigenvalue weighted by Crippen LogP contribution is 2.19. The molecule has 0 fully saturated rings. The fourth-order valence-electron chi connectivity index (χ4n) is 1.30. The SMILES string of the molecule is C=CC.O=C1C=C(O)C(=O)c2ccccc21. The van der Waals surface area contributed by atoms with Gasteiger partial charge in [-0.1, -0.05) is 30.3 Å². The Balaban J connectivity index is 0.000000386. The lowest BCUT2D eigenvalue weighted by Crippen LogP contribution is -2.16. The predicted octanol–water partition coefficient (Wildman–Crippen LogP) is 2.70. The van der Waals surface area contributed by atoms with Crippen molar-refractivity contribution in [3.63, 3.8) is 0 Å². The first kappa shape index (κ1) is 11.9. The van der Waals surface area contributed by atoms with Crippen LogP contribution in [0.5, 0.6) is 0 Å². The Hall–Kier alpha value is -2.16. The molecule has 0 unspecified atom stereocenters. The van der Waals surface area contributed by atoms with Crippen LogP contribution < -0.4 is 0 Å². The molecule has 0 spiro atoms. The van der Waals surface area contributed by atoms with Crippen LogP contribution in [0, 0.1) is 0 Å². The van der Waals surface area contributed by atoms with Gasteiger partial charge in [0.05, 0.1) is 0 Å². The van der Waals surface area contributed by atoms with Crippen molar-refractivity contribution in [1.82, 2.24) is 0 Å². The third kappa shape index (κ3) is 2.25. The van der Waals surface area contributed by atoms with Crippen LogP contribution in [0.15, 0.2) is 48.8 Å². The van der Waals surface area contributed by atoms with Crippen LogP contribution >= 0.6 is 0 Å². The van der Waals surface area contributed by atoms with Gasteiger partial charge in [0.15, 0.2) is 11.5 Å². The molecule has 1 N–H and O–H groups in total. The Morgan fingerprint density at radius 2 is 1.69 bits per heavy atom. The Kier molecular flexibility index (Phi) is 3.78. The molecule has 0 heterocycles. The second kappa shape index (κ2) is 5.07. The number of carbonyl (C=O) groups excluding carboxylic acids is 2. The van der Waals surface area contributed by atoms with Gasteiger partial charge in [0.2, 0.25) is 5.78 Å². The first-order chi connectivity index (χ1) is 7.61. The Morgan fingerprint density at radius 3 is 2.25 bits per heavy atom. The molecule has 1 aliphatic rings. The first-order valence-corrected chi connectivity index (χ1v) is 4.77. The van der Waals surface area contributed by atoms with Crippen LogP contribution in [-0.4, -0.2) is 16.7 Å². The zero-order valence-corrected chi connectivity index (χ0v) is 8.93. The maximum atomic E-state index is 11.3. The van der Waals surface area contributed by atoms with Crippen molar-refractivity contribution in [1.29, 1.82) is 0 Å². The summed E-state index contributed by atoms with van der Waals surface area (Å²) in [6.07, 6.45) is 2.70. The highest BCUT2D eigenvalue weighted by Gasteiger charge is 2.24. The van der Waals surface area contributed by atoms with Gasteiger partial charge in [-0.2, -0.15) is 0 Å². The summed E-state index contributed by atoms with van der Waals surface area (Å²) in [6.45, 7) is 5.25. The van der Waals surface area contributed by atoms with E-state index in [1.165, 1.54) is 6.07 Å². The molecule has 3 heteroatoms. The van der Waals surface area contributed by atoms with Crippen LogP contribution in [0.3, 0.4) is 0 Å². The van der Waals surface area contributed by atoms with E-state index in [9.17, 15) is 9.59 Å². The van der Waals surface area contributed by atoms with E-state index in [0.29, 0.717) is 5.56 Å². The molecule has 16 heavy (non-hydrogen) atoms. The number of carbonyl (C=O) groups is 2. The number of aliphatic hydroxyl groups excluding tert-OH is 1. The van der Waals surface area contributed by atoms with Gasteiger partial charge < -0.3 is 5.11 Å². The summed E-state index contributed by atoms with van der Waals surface area (Å²) < 4.78 is 0. The topological polar surface area (TPSA) is 54.4 Å². The van der Waals surface area contributed by atoms with E-state index in [1.807, 2.05) is 6.92 Å². The number of allylic oxidation sites excluding steroid dienone is 3. The monoisotopic (exact) mass is 216 g/mol. The zero-order chi connectivity index (χ0) is 12.1. The van der Waals surface area contributed by atoms with Crippen molar-refractivity contribution in [2.24, 2.45) is 0 Å². The molecule has 1 aromatic rings. The molecule has 0 radical (unpaired) electrons. The molecule has 0 amide bonds. The molecule has 0 aliphatic heterocycles. The van der Waals surface area contributed by atoms with Crippen LogP contribution in [0.25, 0.3) is 0 Å². The molecule has 0 bridgehead atoms. The average Bonchev–Trinajstić information content (AvgIpc) is 2.27. The molecule has 1 aliphatic carbocycles. The fourth-order valence-corrected chi connectivity index (χ4v) is 1.30. The van der Waals surface area contributed by atoms with Crippen LogP contribution in [0.1, 0.15) is 27.6 Å². The smallest absolute Gasteiger partial charge is 0.228 e. The lowest BCUT2D eigenvalue weighted by molar-refractivity contribution is 0.0939. The lowest BCUT2D eigenvalue weighted by Gasteiger charge is -2.09. The quantitative estimate of drug-likeness (QED) is 0.678. The van der Waals surface area contributed by atoms with E-state index < -0.39 is 11.5 Å². The van der Waals surface area contributed by atoms with Crippen molar-refractivity contribution in [3.05, 3.63) is 59.9 Å². The normalized spacial score (nSPS) is 13.2. The van der Waals surface area contributed by atoms with E-state index >= 15 is 0 Å². The summed E-state index contributed by atoms with van der Waals surface area (Å²) in [5.74, 6) is -1.30. The minimum atomic E-state index is -0.491. The second-order valence-corrected chi connectivity index (χ2v) is 3.18. The number of Topliss-reactive ketones (excluding diaryl/α,β-unsaturated/α-hetero) is 1. The zero-order valence-electron chi connectivity index (χ0n) is 8.93. The molecule has 1 aromatic carbocycles. The first-order valence-electron chi connectivity index (χ1n) is 4.77. The number of hydrogen-bond acceptors (Lipinski definition) is 3. The van der Waals surface area contributed by atoms with E-state index in [-0.39, 0.29) is 11.3 Å². The summed E-state index contributed by atoms with van der Waals surface area (Å²) in [7, 11) is 0. The van der Waals surface area contributed by atoms with Crippen molar-refractivity contribution in [3.8, 4) is 0 Å². The van der Waals surface area contributed by atoms with Gasteiger partial charge in [-0.05, 0) is 6.92 Å². The van der Waals surface area contributed by atoms with Gasteiger partial charge in [-0.25, -0.2) is 0 Å². The molecule has 0 saturated heterocycles. The van der Waals surface area contributed by atoms with Gasteiger partial charge in [0.1, 0.15) is 0 Å². The lowest BCUT2D eigenvalue weighted by atomic mass is 9.94. The van der Waals surface area contributed by atoms with E-state index in [2.05, 4.69) is 6.58 Å². The van der Waals surface area contributed by atoms with Crippen molar-refractivity contribution in [2.45, 2.75) is 6.92 Å². The third-order valence-corrected chi connectivity index (χ3v) is 1.94. The minimum Gasteiger partial charge on any atom is -0.504 e. The summed E-state index contributed by atoms with van der Waals surface area (Å²) >= 11 is 0. The Bertz CT molecular complexity index is 470. The van der Waals surface area contributed by atoms with Crippen molar-refractivity contribution in [2.75, 3.05) is 0 Å². The van der Waals surface area contributed by atoms with Crippen LogP contribution in [0.4, 0.5) is 0 Å². The molecule has 2 rings (SSSR count). The summed E-state index contributed by atoms with van der Waals surface area (Å²) in [6, 6.07) is 6.43. The highest BCUT2D eigenvalue weighted by molar-refractivity contribution is 6.23. The van der Waals surface area contributed by atoms with Gasteiger partial charge in [-0.3, -0.25) is 9.59 Å². The number of rotatable bonds is 0. The number of aliphatic hydroxyl groups is 1. The number of ketones is 2. The maximum Gasteiger partial charge on any atom is 0.228 e. The summed E-state index contributed by atoms with van der Waals surface area (Å²) in [5.41, 5.74) is 0.623. The molecule has 0 atom stereocenters. The van der Waals surface area contributed by atoms with Crippen LogP contribution in [-0.2, 0) is 0 Å². The minimum absolute atomic E-state index is 0.271. The Morgan fingerprint density at radius 1 is 1.19 bits per heavy atom. The standard InChI is InChI=1S/C10H6O3.C3H6/c11-8-5-9(12)10(13)7-4-2-1-3-6(7)8;1-3-2/h1-5,12H;3H,1H2,2H3. The molecular formula is C13H12O3. The van der Waals surface area contributed by atoms with Gasteiger partial charge in [0, 0.05) is 17.2 Å².